The molecule has 6 nitrogen and oxygen atoms in total. The fourth-order valence-electron chi connectivity index (χ4n) is 4.46. The summed E-state index contributed by atoms with van der Waals surface area (Å²) in [6.07, 6.45) is -2.36. The second-order valence-corrected chi connectivity index (χ2v) is 9.56. The fourth-order valence-corrected chi connectivity index (χ4v) is 5.41. The third-order valence-electron chi connectivity index (χ3n) is 6.31. The molecule has 3 N–H and O–H groups in total. The zero-order valence-electron chi connectivity index (χ0n) is 17.7. The molecule has 8 heteroatoms. The van der Waals surface area contributed by atoms with Crippen LogP contribution in [0.25, 0.3) is 10.4 Å². The number of aromatic nitrogens is 1. The summed E-state index contributed by atoms with van der Waals surface area (Å²) in [6.45, 7) is 3.90. The summed E-state index contributed by atoms with van der Waals surface area (Å²) in [4.78, 5) is 5.49. The lowest BCUT2D eigenvalue weighted by Crippen LogP contribution is -2.62. The molecule has 5 rings (SSSR count). The molecule has 3 aromatic rings. The van der Waals surface area contributed by atoms with E-state index in [9.17, 15) is 19.7 Å². The van der Waals surface area contributed by atoms with Crippen LogP contribution in [-0.2, 0) is 28.3 Å². The minimum atomic E-state index is -1.52. The molecular weight excluding hydrogens is 433 g/mol. The number of ether oxygens (including phenoxy) is 2. The maximum Gasteiger partial charge on any atom is 0.225 e. The number of thiazole rings is 1. The van der Waals surface area contributed by atoms with Crippen LogP contribution in [0.1, 0.15) is 34.2 Å². The quantitative estimate of drug-likeness (QED) is 0.560. The number of aryl methyl sites for hydroxylation is 1. The Kier molecular flexibility index (Phi) is 5.40. The van der Waals surface area contributed by atoms with Gasteiger partial charge in [-0.3, -0.25) is 0 Å². The molecule has 32 heavy (non-hydrogen) atoms. The Bertz CT molecular complexity index is 1150. The van der Waals surface area contributed by atoms with Crippen molar-refractivity contribution < 1.29 is 29.2 Å². The van der Waals surface area contributed by atoms with Crippen molar-refractivity contribution in [2.75, 3.05) is 0 Å². The zero-order chi connectivity index (χ0) is 22.6. The Morgan fingerprint density at radius 2 is 1.91 bits per heavy atom. The van der Waals surface area contributed by atoms with Crippen LogP contribution in [0.3, 0.4) is 0 Å². The largest absolute Gasteiger partial charge is 0.388 e. The first-order valence-electron chi connectivity index (χ1n) is 10.5. The first-order valence-corrected chi connectivity index (χ1v) is 11.3. The van der Waals surface area contributed by atoms with Crippen molar-refractivity contribution in [1.82, 2.24) is 4.98 Å². The van der Waals surface area contributed by atoms with E-state index >= 15 is 0 Å². The lowest BCUT2D eigenvalue weighted by atomic mass is 9.86. The molecule has 0 bridgehead atoms. The Balaban J connectivity index is 1.46. The van der Waals surface area contributed by atoms with Crippen LogP contribution in [0.15, 0.2) is 42.6 Å². The number of rotatable bonds is 3. The van der Waals surface area contributed by atoms with E-state index in [1.807, 2.05) is 19.1 Å². The van der Waals surface area contributed by atoms with Gasteiger partial charge in [-0.2, -0.15) is 0 Å². The van der Waals surface area contributed by atoms with Crippen molar-refractivity contribution >= 4 is 11.3 Å². The van der Waals surface area contributed by atoms with Gasteiger partial charge < -0.3 is 24.8 Å². The van der Waals surface area contributed by atoms with Crippen LogP contribution in [0.2, 0.25) is 0 Å². The molecule has 2 aliphatic heterocycles. The zero-order valence-corrected chi connectivity index (χ0v) is 18.5. The van der Waals surface area contributed by atoms with Gasteiger partial charge in [-0.1, -0.05) is 18.2 Å². The summed E-state index contributed by atoms with van der Waals surface area (Å²) >= 11 is 1.54. The molecule has 0 saturated carbocycles. The van der Waals surface area contributed by atoms with Gasteiger partial charge in [-0.05, 0) is 54.3 Å². The molecule has 0 aliphatic carbocycles. The van der Waals surface area contributed by atoms with Crippen LogP contribution >= 0.6 is 11.3 Å². The number of hydrogen-bond donors (Lipinski definition) is 3. The van der Waals surface area contributed by atoms with Gasteiger partial charge in [0, 0.05) is 18.2 Å². The normalized spacial score (nSPS) is 29.4. The summed E-state index contributed by atoms with van der Waals surface area (Å²) < 4.78 is 25.1. The second-order valence-electron chi connectivity index (χ2n) is 8.44. The second kappa shape index (κ2) is 7.98. The summed E-state index contributed by atoms with van der Waals surface area (Å²) in [7, 11) is 0. The third kappa shape index (κ3) is 3.48. The van der Waals surface area contributed by atoms with E-state index in [-0.39, 0.29) is 12.4 Å². The molecule has 2 aliphatic rings. The highest BCUT2D eigenvalue weighted by Gasteiger charge is 2.57. The number of benzene rings is 2. The molecule has 5 atom stereocenters. The predicted molar refractivity (Wildman–Crippen MR) is 117 cm³/mol. The number of nitrogens with zero attached hydrogens (tertiary/aromatic N) is 1. The fraction of sp³-hybridized carbons (Fsp3) is 0.375. The van der Waals surface area contributed by atoms with Crippen LogP contribution in [-0.4, -0.2) is 44.7 Å². The Morgan fingerprint density at radius 3 is 2.66 bits per heavy atom. The summed E-state index contributed by atoms with van der Waals surface area (Å²) in [5.41, 5.74) is 4.51. The average molecular weight is 458 g/mol. The molecule has 1 aromatic heterocycles. The van der Waals surface area contributed by atoms with Gasteiger partial charge in [-0.15, -0.1) is 11.3 Å². The standard InChI is InChI=1S/C24H24FNO5S/c1-12-7-16-11-30-24(23(29)22(28)21(27)13(2)31-24)18(16)8-15(12)9-20-26-10-19(32-20)14-3-5-17(25)6-4-14/h3-8,10,13,21-23,27-29H,9,11H2,1-2H3/t13-,21-,22+,23-,24+/m1/s1. The molecule has 0 amide bonds. The molecule has 168 valence electrons. The molecule has 3 heterocycles. The van der Waals surface area contributed by atoms with Crippen LogP contribution in [0.4, 0.5) is 4.39 Å². The van der Waals surface area contributed by atoms with Crippen molar-refractivity contribution in [2.45, 2.75) is 57.1 Å². The molecule has 2 aromatic carbocycles. The van der Waals surface area contributed by atoms with Gasteiger partial charge in [0.15, 0.2) is 0 Å². The van der Waals surface area contributed by atoms with Gasteiger partial charge in [0.1, 0.15) is 24.1 Å². The summed E-state index contributed by atoms with van der Waals surface area (Å²) in [5, 5.41) is 32.1. The van der Waals surface area contributed by atoms with Crippen molar-refractivity contribution in [3.8, 4) is 10.4 Å². The van der Waals surface area contributed by atoms with Gasteiger partial charge >= 0.3 is 0 Å². The minimum Gasteiger partial charge on any atom is -0.388 e. The summed E-state index contributed by atoms with van der Waals surface area (Å²) in [5.74, 6) is -1.79. The van der Waals surface area contributed by atoms with Crippen LogP contribution < -0.4 is 0 Å². The van der Waals surface area contributed by atoms with Crippen LogP contribution in [0.5, 0.6) is 0 Å². The Morgan fingerprint density at radius 1 is 1.16 bits per heavy atom. The number of hydrogen-bond acceptors (Lipinski definition) is 7. The average Bonchev–Trinajstić information content (AvgIpc) is 3.37. The van der Waals surface area contributed by atoms with Gasteiger partial charge in [0.05, 0.1) is 22.6 Å². The molecule has 1 spiro atoms. The maximum atomic E-state index is 13.2. The predicted octanol–water partition coefficient (Wildman–Crippen LogP) is 3.03. The van der Waals surface area contributed by atoms with Crippen molar-refractivity contribution in [3.63, 3.8) is 0 Å². The smallest absolute Gasteiger partial charge is 0.225 e. The van der Waals surface area contributed by atoms with E-state index < -0.39 is 30.2 Å². The van der Waals surface area contributed by atoms with Gasteiger partial charge in [-0.25, -0.2) is 9.37 Å². The number of fused-ring (bicyclic) bond motifs is 2. The number of aliphatic hydroxyl groups excluding tert-OH is 3. The van der Waals surface area contributed by atoms with Crippen molar-refractivity contribution in [2.24, 2.45) is 0 Å². The maximum absolute atomic E-state index is 13.2. The molecule has 1 saturated heterocycles. The first-order chi connectivity index (χ1) is 15.3. The van der Waals surface area contributed by atoms with Crippen molar-refractivity contribution in [1.29, 1.82) is 0 Å². The van der Waals surface area contributed by atoms with Gasteiger partial charge in [0.25, 0.3) is 0 Å². The Labute approximate surface area is 188 Å². The SMILES string of the molecule is Cc1cc2c(cc1Cc1ncc(-c3ccc(F)cc3)s1)[C@]1(OC2)O[C@H](C)[C@@H](O)[C@H](O)[C@H]1O. The molecule has 0 unspecified atom stereocenters. The third-order valence-corrected chi connectivity index (χ3v) is 7.35. The lowest BCUT2D eigenvalue weighted by Gasteiger charge is -2.45. The Hall–Kier alpha value is -2.20. The first kappa shape index (κ1) is 21.6. The molecule has 0 radical (unpaired) electrons. The number of halogens is 1. The molecular formula is C24H24FNO5S. The minimum absolute atomic E-state index is 0.245. The summed E-state index contributed by atoms with van der Waals surface area (Å²) in [6, 6.07) is 10.3. The van der Waals surface area contributed by atoms with E-state index in [4.69, 9.17) is 9.47 Å². The van der Waals surface area contributed by atoms with Gasteiger partial charge in [0.2, 0.25) is 5.79 Å². The van der Waals surface area contributed by atoms with E-state index in [1.54, 1.807) is 25.3 Å². The van der Waals surface area contributed by atoms with E-state index in [0.717, 1.165) is 32.1 Å². The number of aliphatic hydroxyl groups is 3. The van der Waals surface area contributed by atoms with Crippen molar-refractivity contribution in [3.05, 3.63) is 75.7 Å². The highest BCUT2D eigenvalue weighted by molar-refractivity contribution is 7.15. The van der Waals surface area contributed by atoms with E-state index in [0.29, 0.717) is 12.0 Å². The highest BCUT2D eigenvalue weighted by Crippen LogP contribution is 2.46. The highest BCUT2D eigenvalue weighted by atomic mass is 32.1. The van der Waals surface area contributed by atoms with E-state index in [1.165, 1.54) is 23.5 Å². The van der Waals surface area contributed by atoms with Crippen LogP contribution in [0, 0.1) is 12.7 Å². The lowest BCUT2D eigenvalue weighted by molar-refractivity contribution is -0.362. The van der Waals surface area contributed by atoms with E-state index in [2.05, 4.69) is 4.98 Å². The monoisotopic (exact) mass is 457 g/mol. The molecule has 1 fully saturated rings. The topological polar surface area (TPSA) is 92.0 Å².